The molecular formula is C21H18Cl2N2O5. The summed E-state index contributed by atoms with van der Waals surface area (Å²) in [4.78, 5) is 30.2. The maximum Gasteiger partial charge on any atom is 0.303 e. The second-order valence-electron chi connectivity index (χ2n) is 6.91. The molecule has 1 aliphatic heterocycles. The average Bonchev–Trinajstić information content (AvgIpc) is 3.37. The van der Waals surface area contributed by atoms with Gasteiger partial charge in [0, 0.05) is 24.4 Å². The number of furan rings is 1. The first-order valence-corrected chi connectivity index (χ1v) is 9.94. The van der Waals surface area contributed by atoms with Gasteiger partial charge in [0.05, 0.1) is 30.0 Å². The second kappa shape index (κ2) is 7.81. The summed E-state index contributed by atoms with van der Waals surface area (Å²) in [7, 11) is 1.51. The predicted octanol–water partition coefficient (Wildman–Crippen LogP) is 4.78. The molecule has 0 spiro atoms. The van der Waals surface area contributed by atoms with E-state index in [-0.39, 0.29) is 35.1 Å². The number of halogens is 2. The Morgan fingerprint density at radius 2 is 2.10 bits per heavy atom. The van der Waals surface area contributed by atoms with Crippen LogP contribution in [0.3, 0.4) is 0 Å². The highest BCUT2D eigenvalue weighted by Crippen LogP contribution is 2.47. The van der Waals surface area contributed by atoms with E-state index in [2.05, 4.69) is 0 Å². The van der Waals surface area contributed by atoms with Crippen LogP contribution in [-0.2, 0) is 20.9 Å². The molecule has 0 fully saturated rings. The van der Waals surface area contributed by atoms with E-state index >= 15 is 0 Å². The van der Waals surface area contributed by atoms with E-state index in [0.717, 1.165) is 16.5 Å². The minimum Gasteiger partial charge on any atom is -0.495 e. The number of ether oxygens (including phenoxy) is 2. The predicted molar refractivity (Wildman–Crippen MR) is 112 cm³/mol. The van der Waals surface area contributed by atoms with Gasteiger partial charge in [-0.25, -0.2) is 4.98 Å². The number of esters is 1. The van der Waals surface area contributed by atoms with Crippen molar-refractivity contribution < 1.29 is 23.5 Å². The summed E-state index contributed by atoms with van der Waals surface area (Å²) in [5.74, 6) is 0.153. The number of hydrogen-bond donors (Lipinski definition) is 0. The van der Waals surface area contributed by atoms with Crippen LogP contribution in [-0.4, -0.2) is 35.5 Å². The molecule has 4 rings (SSSR count). The Labute approximate surface area is 182 Å². The zero-order valence-electron chi connectivity index (χ0n) is 16.5. The number of pyridine rings is 1. The summed E-state index contributed by atoms with van der Waals surface area (Å²) in [6, 6.07) is 5.02. The number of nitrogens with zero attached hydrogens (tertiary/aromatic N) is 2. The maximum absolute atomic E-state index is 12.7. The summed E-state index contributed by atoms with van der Waals surface area (Å²) in [6.45, 7) is 3.13. The van der Waals surface area contributed by atoms with Crippen LogP contribution in [0.4, 0.5) is 0 Å². The van der Waals surface area contributed by atoms with Crippen molar-refractivity contribution in [1.82, 2.24) is 9.88 Å². The van der Waals surface area contributed by atoms with E-state index in [4.69, 9.17) is 42.1 Å². The highest BCUT2D eigenvalue weighted by molar-refractivity contribution is 6.46. The number of carbonyl (C=O) groups excluding carboxylic acids is 2. The van der Waals surface area contributed by atoms with E-state index in [0.29, 0.717) is 22.7 Å². The Morgan fingerprint density at radius 1 is 1.33 bits per heavy atom. The van der Waals surface area contributed by atoms with Gasteiger partial charge in [0.25, 0.3) is 5.91 Å². The largest absolute Gasteiger partial charge is 0.495 e. The minimum atomic E-state index is -0.512. The normalized spacial score (nSPS) is 15.4. The fraction of sp³-hybridized carbons (Fsp3) is 0.286. The lowest BCUT2D eigenvalue weighted by molar-refractivity contribution is -0.151. The molecule has 1 atom stereocenters. The van der Waals surface area contributed by atoms with Crippen LogP contribution >= 0.6 is 23.2 Å². The lowest BCUT2D eigenvalue weighted by Gasteiger charge is -2.22. The molecule has 156 valence electrons. The Hall–Kier alpha value is -2.77. The first-order chi connectivity index (χ1) is 14.3. The topological polar surface area (TPSA) is 81.9 Å². The van der Waals surface area contributed by atoms with Gasteiger partial charge >= 0.3 is 5.97 Å². The van der Waals surface area contributed by atoms with Crippen molar-refractivity contribution >= 4 is 46.0 Å². The Balaban J connectivity index is 1.93. The van der Waals surface area contributed by atoms with Crippen LogP contribution in [0, 0.1) is 0 Å². The van der Waals surface area contributed by atoms with Crippen molar-refractivity contribution in [1.29, 1.82) is 0 Å². The van der Waals surface area contributed by atoms with Crippen LogP contribution in [0.1, 0.15) is 31.0 Å². The average molecular weight is 449 g/mol. The van der Waals surface area contributed by atoms with Crippen molar-refractivity contribution in [3.63, 3.8) is 0 Å². The molecule has 1 amide bonds. The van der Waals surface area contributed by atoms with Crippen molar-refractivity contribution in [3.8, 4) is 17.2 Å². The van der Waals surface area contributed by atoms with Crippen molar-refractivity contribution in [2.75, 3.05) is 13.7 Å². The van der Waals surface area contributed by atoms with Gasteiger partial charge in [0.15, 0.2) is 12.4 Å². The van der Waals surface area contributed by atoms with Gasteiger partial charge in [0.1, 0.15) is 16.5 Å². The molecule has 9 heteroatoms. The number of hydrogen-bond acceptors (Lipinski definition) is 6. The molecule has 0 saturated carbocycles. The number of benzene rings is 1. The molecule has 3 heterocycles. The van der Waals surface area contributed by atoms with Crippen molar-refractivity contribution in [3.05, 3.63) is 45.6 Å². The van der Waals surface area contributed by atoms with Gasteiger partial charge < -0.3 is 18.8 Å². The van der Waals surface area contributed by atoms with Crippen LogP contribution in [0.15, 0.2) is 28.9 Å². The van der Waals surface area contributed by atoms with Crippen molar-refractivity contribution in [2.45, 2.75) is 26.4 Å². The van der Waals surface area contributed by atoms with Gasteiger partial charge in [-0.15, -0.1) is 0 Å². The van der Waals surface area contributed by atoms with Crippen LogP contribution in [0.2, 0.25) is 10.0 Å². The van der Waals surface area contributed by atoms with E-state index < -0.39 is 5.97 Å². The zero-order valence-corrected chi connectivity index (χ0v) is 18.0. The van der Waals surface area contributed by atoms with Crippen molar-refractivity contribution in [2.24, 2.45) is 0 Å². The number of rotatable bonds is 4. The molecule has 1 aliphatic rings. The van der Waals surface area contributed by atoms with Gasteiger partial charge in [-0.2, -0.15) is 0 Å². The monoisotopic (exact) mass is 448 g/mol. The first kappa shape index (κ1) is 20.5. The van der Waals surface area contributed by atoms with E-state index in [1.807, 2.05) is 6.92 Å². The second-order valence-corrected chi connectivity index (χ2v) is 7.67. The maximum atomic E-state index is 12.7. The Bertz CT molecular complexity index is 1160. The van der Waals surface area contributed by atoms with Gasteiger partial charge in [-0.05, 0) is 30.7 Å². The van der Waals surface area contributed by atoms with Crippen LogP contribution in [0.5, 0.6) is 5.75 Å². The minimum absolute atomic E-state index is 0.262. The van der Waals surface area contributed by atoms with E-state index in [1.54, 1.807) is 29.4 Å². The highest BCUT2D eigenvalue weighted by atomic mass is 35.5. The molecule has 2 aromatic heterocycles. The summed E-state index contributed by atoms with van der Waals surface area (Å²) in [5.41, 5.74) is 2.79. The molecule has 0 N–H and O–H groups in total. The summed E-state index contributed by atoms with van der Waals surface area (Å²) >= 11 is 12.9. The third-order valence-electron chi connectivity index (χ3n) is 5.18. The Morgan fingerprint density at radius 3 is 2.73 bits per heavy atom. The Kier molecular flexibility index (Phi) is 5.34. The van der Waals surface area contributed by atoms with Gasteiger partial charge in [-0.3, -0.25) is 9.59 Å². The SMILES string of the molecule is COc1cc2c3c(c(-c4ccco4)nc2c(Cl)c1Cl)CN(C(=O)COC(C)=O)[C@H]3C. The molecule has 0 unspecified atom stereocenters. The van der Waals surface area contributed by atoms with E-state index in [9.17, 15) is 9.59 Å². The summed E-state index contributed by atoms with van der Waals surface area (Å²) < 4.78 is 15.9. The molecule has 30 heavy (non-hydrogen) atoms. The third-order valence-corrected chi connectivity index (χ3v) is 6.02. The molecule has 7 nitrogen and oxygen atoms in total. The van der Waals surface area contributed by atoms with Gasteiger partial charge in [-0.1, -0.05) is 23.2 Å². The quantitative estimate of drug-likeness (QED) is 0.534. The molecule has 3 aromatic rings. The number of methoxy groups -OCH3 is 1. The summed E-state index contributed by atoms with van der Waals surface area (Å²) in [5, 5.41) is 1.26. The molecule has 0 radical (unpaired) electrons. The molecule has 0 bridgehead atoms. The fourth-order valence-electron chi connectivity index (χ4n) is 3.79. The van der Waals surface area contributed by atoms with E-state index in [1.165, 1.54) is 14.0 Å². The highest BCUT2D eigenvalue weighted by Gasteiger charge is 2.36. The lowest BCUT2D eigenvalue weighted by Crippen LogP contribution is -2.32. The standard InChI is InChI=1S/C21H18Cl2N2O5/c1-10-17-12-7-15(28-3)18(22)19(23)21(12)24-20(14-5-4-6-29-14)13(17)8-25(10)16(27)9-30-11(2)26/h4-7,10H,8-9H2,1-3H3/t10-/m0/s1. The first-order valence-electron chi connectivity index (χ1n) is 9.18. The molecule has 1 aromatic carbocycles. The number of aromatic nitrogens is 1. The van der Waals surface area contributed by atoms with Gasteiger partial charge in [0.2, 0.25) is 0 Å². The summed E-state index contributed by atoms with van der Waals surface area (Å²) in [6.07, 6.45) is 1.55. The third kappa shape index (κ3) is 3.28. The van der Waals surface area contributed by atoms with Crippen LogP contribution in [0.25, 0.3) is 22.4 Å². The zero-order chi connectivity index (χ0) is 21.6. The number of carbonyl (C=O) groups is 2. The molecule has 0 saturated heterocycles. The molecular weight excluding hydrogens is 431 g/mol. The number of amides is 1. The van der Waals surface area contributed by atoms with Crippen LogP contribution < -0.4 is 4.74 Å². The fourth-order valence-corrected chi connectivity index (χ4v) is 4.25. The molecule has 0 aliphatic carbocycles. The number of fused-ring (bicyclic) bond motifs is 3. The lowest BCUT2D eigenvalue weighted by atomic mass is 9.97. The smallest absolute Gasteiger partial charge is 0.303 e.